The van der Waals surface area contributed by atoms with Gasteiger partial charge in [-0.15, -0.1) is 0 Å². The highest BCUT2D eigenvalue weighted by Gasteiger charge is 2.44. The molecule has 0 aromatic heterocycles. The summed E-state index contributed by atoms with van der Waals surface area (Å²) in [7, 11) is 0. The van der Waals surface area contributed by atoms with Crippen LogP contribution in [0.1, 0.15) is 29.0 Å². The Labute approximate surface area is 146 Å². The van der Waals surface area contributed by atoms with Crippen LogP contribution in [0.5, 0.6) is 5.75 Å². The molecule has 0 aliphatic heterocycles. The minimum atomic E-state index is -1.02. The molecule has 25 heavy (non-hydrogen) atoms. The smallest absolute Gasteiger partial charge is 0.341 e. The molecule has 5 nitrogen and oxygen atoms in total. The summed E-state index contributed by atoms with van der Waals surface area (Å²) in [4.78, 5) is 22.9. The van der Waals surface area contributed by atoms with Gasteiger partial charge in [0.25, 0.3) is 0 Å². The maximum absolute atomic E-state index is 12.4. The van der Waals surface area contributed by atoms with Crippen molar-refractivity contribution in [3.8, 4) is 5.75 Å². The maximum Gasteiger partial charge on any atom is 0.341 e. The predicted octanol–water partition coefficient (Wildman–Crippen LogP) is 2.88. The van der Waals surface area contributed by atoms with Crippen molar-refractivity contribution in [2.24, 2.45) is 5.92 Å². The average molecular weight is 339 g/mol. The zero-order chi connectivity index (χ0) is 17.8. The summed E-state index contributed by atoms with van der Waals surface area (Å²) in [5.74, 6) is -0.128. The van der Waals surface area contributed by atoms with Crippen LogP contribution in [-0.2, 0) is 16.1 Å². The Hall–Kier alpha value is -2.82. The number of carbonyl (C=O) groups is 2. The van der Waals surface area contributed by atoms with Gasteiger partial charge in [0.15, 0.2) is 6.61 Å². The molecule has 1 fully saturated rings. The van der Waals surface area contributed by atoms with Gasteiger partial charge < -0.3 is 15.2 Å². The first kappa shape index (κ1) is 17.0. The fourth-order valence-electron chi connectivity index (χ4n) is 3.04. The van der Waals surface area contributed by atoms with E-state index in [2.05, 4.69) is 24.4 Å². The lowest BCUT2D eigenvalue weighted by molar-refractivity contribution is -0.139. The van der Waals surface area contributed by atoms with E-state index >= 15 is 0 Å². The standard InChI is InChI=1S/C20H21NO4/c1-13-5-2-3-8-16(13)17-10-18(17)20(24)21-11-14-6-4-7-15(9-14)25-12-19(22)23/h2-9,17-18H,10-12H2,1H3,(H,21,24)(H,22,23). The number of ether oxygens (including phenoxy) is 1. The molecular formula is C20H21NO4. The number of carboxylic acids is 1. The van der Waals surface area contributed by atoms with Gasteiger partial charge in [0.1, 0.15) is 5.75 Å². The van der Waals surface area contributed by atoms with E-state index in [-0.39, 0.29) is 18.4 Å². The minimum absolute atomic E-state index is 0.0348. The number of carboxylic acid groups (broad SMARTS) is 1. The molecule has 1 amide bonds. The molecule has 2 unspecified atom stereocenters. The van der Waals surface area contributed by atoms with Crippen molar-refractivity contribution in [1.29, 1.82) is 0 Å². The molecule has 3 rings (SSSR count). The average Bonchev–Trinajstić information content (AvgIpc) is 3.39. The van der Waals surface area contributed by atoms with Crippen LogP contribution in [0.15, 0.2) is 48.5 Å². The largest absolute Gasteiger partial charge is 0.482 e. The maximum atomic E-state index is 12.4. The van der Waals surface area contributed by atoms with Crippen LogP contribution in [0.25, 0.3) is 0 Å². The number of carbonyl (C=O) groups excluding carboxylic acids is 1. The van der Waals surface area contributed by atoms with Crippen molar-refractivity contribution in [2.75, 3.05) is 6.61 Å². The monoisotopic (exact) mass is 339 g/mol. The number of hydrogen-bond donors (Lipinski definition) is 2. The van der Waals surface area contributed by atoms with E-state index in [9.17, 15) is 9.59 Å². The number of hydrogen-bond acceptors (Lipinski definition) is 3. The Bertz CT molecular complexity index is 787. The highest BCUT2D eigenvalue weighted by molar-refractivity contribution is 5.83. The first-order valence-electron chi connectivity index (χ1n) is 8.31. The van der Waals surface area contributed by atoms with E-state index in [1.165, 1.54) is 11.1 Å². The lowest BCUT2D eigenvalue weighted by Gasteiger charge is -2.08. The number of rotatable bonds is 7. The third kappa shape index (κ3) is 4.38. The number of aryl methyl sites for hydroxylation is 1. The second kappa shape index (κ2) is 7.38. The zero-order valence-electron chi connectivity index (χ0n) is 14.1. The van der Waals surface area contributed by atoms with Crippen molar-refractivity contribution in [3.05, 3.63) is 65.2 Å². The van der Waals surface area contributed by atoms with Gasteiger partial charge >= 0.3 is 5.97 Å². The molecule has 2 atom stereocenters. The third-order valence-corrected chi connectivity index (χ3v) is 4.44. The van der Waals surface area contributed by atoms with Crippen molar-refractivity contribution < 1.29 is 19.4 Å². The summed E-state index contributed by atoms with van der Waals surface area (Å²) < 4.78 is 5.15. The van der Waals surface area contributed by atoms with Gasteiger partial charge in [-0.3, -0.25) is 4.79 Å². The molecule has 2 aromatic carbocycles. The van der Waals surface area contributed by atoms with Crippen LogP contribution in [0, 0.1) is 12.8 Å². The number of nitrogens with one attached hydrogen (secondary N) is 1. The van der Waals surface area contributed by atoms with Gasteiger partial charge in [-0.05, 0) is 48.1 Å². The van der Waals surface area contributed by atoms with Crippen LogP contribution >= 0.6 is 0 Å². The van der Waals surface area contributed by atoms with E-state index in [1.807, 2.05) is 18.2 Å². The predicted molar refractivity (Wildman–Crippen MR) is 93.4 cm³/mol. The second-order valence-corrected chi connectivity index (χ2v) is 6.35. The molecule has 1 saturated carbocycles. The van der Waals surface area contributed by atoms with Crippen LogP contribution in [0.3, 0.4) is 0 Å². The Morgan fingerprint density at radius 1 is 1.20 bits per heavy atom. The zero-order valence-corrected chi connectivity index (χ0v) is 14.1. The molecule has 1 aliphatic carbocycles. The summed E-state index contributed by atoms with van der Waals surface area (Å²) in [5.41, 5.74) is 3.36. The lowest BCUT2D eigenvalue weighted by Crippen LogP contribution is -2.25. The summed E-state index contributed by atoms with van der Waals surface area (Å²) in [6, 6.07) is 15.3. The topological polar surface area (TPSA) is 75.6 Å². The van der Waals surface area contributed by atoms with Gasteiger partial charge in [0.05, 0.1) is 0 Å². The summed E-state index contributed by atoms with van der Waals surface area (Å²) >= 11 is 0. The van der Waals surface area contributed by atoms with E-state index in [1.54, 1.807) is 18.2 Å². The quantitative estimate of drug-likeness (QED) is 0.813. The van der Waals surface area contributed by atoms with Gasteiger partial charge in [0, 0.05) is 12.5 Å². The number of benzene rings is 2. The number of amides is 1. The normalized spacial score (nSPS) is 18.4. The fourth-order valence-corrected chi connectivity index (χ4v) is 3.04. The molecule has 0 saturated heterocycles. The summed E-state index contributed by atoms with van der Waals surface area (Å²) in [5, 5.41) is 11.6. The molecular weight excluding hydrogens is 318 g/mol. The van der Waals surface area contributed by atoms with Crippen molar-refractivity contribution in [1.82, 2.24) is 5.32 Å². The van der Waals surface area contributed by atoms with Gasteiger partial charge in [-0.1, -0.05) is 36.4 Å². The molecule has 2 aromatic rings. The summed E-state index contributed by atoms with van der Waals surface area (Å²) in [6.07, 6.45) is 0.887. The van der Waals surface area contributed by atoms with Gasteiger partial charge in [-0.25, -0.2) is 4.79 Å². The first-order valence-corrected chi connectivity index (χ1v) is 8.31. The molecule has 0 spiro atoms. The van der Waals surface area contributed by atoms with E-state index in [0.29, 0.717) is 18.2 Å². The van der Waals surface area contributed by atoms with Crippen molar-refractivity contribution in [2.45, 2.75) is 25.8 Å². The Morgan fingerprint density at radius 3 is 2.76 bits per heavy atom. The second-order valence-electron chi connectivity index (χ2n) is 6.35. The Kier molecular flexibility index (Phi) is 5.03. The van der Waals surface area contributed by atoms with Gasteiger partial charge in [0.2, 0.25) is 5.91 Å². The van der Waals surface area contributed by atoms with Gasteiger partial charge in [-0.2, -0.15) is 0 Å². The first-order chi connectivity index (χ1) is 12.0. The third-order valence-electron chi connectivity index (χ3n) is 4.44. The molecule has 0 radical (unpaired) electrons. The van der Waals surface area contributed by atoms with E-state index in [4.69, 9.17) is 9.84 Å². The van der Waals surface area contributed by atoms with Crippen LogP contribution < -0.4 is 10.1 Å². The highest BCUT2D eigenvalue weighted by Crippen LogP contribution is 2.48. The Morgan fingerprint density at radius 2 is 2.00 bits per heavy atom. The Balaban J connectivity index is 1.53. The molecule has 1 aliphatic rings. The molecule has 0 bridgehead atoms. The van der Waals surface area contributed by atoms with Crippen molar-refractivity contribution in [3.63, 3.8) is 0 Å². The fraction of sp³-hybridized carbons (Fsp3) is 0.300. The van der Waals surface area contributed by atoms with Crippen molar-refractivity contribution >= 4 is 11.9 Å². The molecule has 0 heterocycles. The molecule has 5 heteroatoms. The van der Waals surface area contributed by atoms with Crippen LogP contribution in [0.2, 0.25) is 0 Å². The summed E-state index contributed by atoms with van der Waals surface area (Å²) in [6.45, 7) is 2.10. The van der Waals surface area contributed by atoms with Crippen LogP contribution in [-0.4, -0.2) is 23.6 Å². The SMILES string of the molecule is Cc1ccccc1C1CC1C(=O)NCc1cccc(OCC(=O)O)c1. The molecule has 130 valence electrons. The minimum Gasteiger partial charge on any atom is -0.482 e. The lowest BCUT2D eigenvalue weighted by atomic mass is 10.0. The van der Waals surface area contributed by atoms with Crippen LogP contribution in [0.4, 0.5) is 0 Å². The highest BCUT2D eigenvalue weighted by atomic mass is 16.5. The van der Waals surface area contributed by atoms with E-state index in [0.717, 1.165) is 12.0 Å². The molecule has 2 N–H and O–H groups in total. The number of aliphatic carboxylic acids is 1. The van der Waals surface area contributed by atoms with E-state index < -0.39 is 5.97 Å².